The fraction of sp³-hybridized carbons (Fsp3) is 0.923. The second-order valence-electron chi connectivity index (χ2n) is 4.76. The molecule has 3 nitrogen and oxygen atoms in total. The number of carbonyl (C=O) groups excluding carboxylic acids is 1. The molecule has 0 aromatic carbocycles. The number of rotatable bonds is 7. The number of carbonyl (C=O) groups is 1. The standard InChI is InChI=1S/C13H26N2OS/c1-2-3-4-6-13(16)15-10-8-14(9-11-15)7-5-12-17/h17H,2-12H2,1H3. The molecule has 0 N–H and O–H groups in total. The number of thiol groups is 1. The zero-order valence-corrected chi connectivity index (χ0v) is 11.9. The maximum absolute atomic E-state index is 11.9. The van der Waals surface area contributed by atoms with Crippen LogP contribution in [0, 0.1) is 0 Å². The molecule has 1 heterocycles. The average Bonchev–Trinajstić information content (AvgIpc) is 2.37. The lowest BCUT2D eigenvalue weighted by Crippen LogP contribution is -2.48. The van der Waals surface area contributed by atoms with Gasteiger partial charge in [-0.15, -0.1) is 0 Å². The second-order valence-corrected chi connectivity index (χ2v) is 5.20. The van der Waals surface area contributed by atoms with Crippen LogP contribution in [0.2, 0.25) is 0 Å². The van der Waals surface area contributed by atoms with Crippen molar-refractivity contribution in [3.8, 4) is 0 Å². The van der Waals surface area contributed by atoms with Crippen molar-refractivity contribution in [2.45, 2.75) is 39.0 Å². The summed E-state index contributed by atoms with van der Waals surface area (Å²) in [6.45, 7) is 7.20. The van der Waals surface area contributed by atoms with Crippen LogP contribution in [0.3, 0.4) is 0 Å². The lowest BCUT2D eigenvalue weighted by molar-refractivity contribution is -0.133. The molecule has 100 valence electrons. The van der Waals surface area contributed by atoms with Gasteiger partial charge in [-0.25, -0.2) is 0 Å². The van der Waals surface area contributed by atoms with Crippen molar-refractivity contribution in [3.63, 3.8) is 0 Å². The van der Waals surface area contributed by atoms with E-state index < -0.39 is 0 Å². The largest absolute Gasteiger partial charge is 0.340 e. The van der Waals surface area contributed by atoms with Crippen LogP contribution in [-0.4, -0.2) is 54.2 Å². The topological polar surface area (TPSA) is 23.6 Å². The van der Waals surface area contributed by atoms with Gasteiger partial charge >= 0.3 is 0 Å². The van der Waals surface area contributed by atoms with E-state index in [-0.39, 0.29) is 0 Å². The first kappa shape index (κ1) is 14.8. The van der Waals surface area contributed by atoms with Crippen molar-refractivity contribution in [2.75, 3.05) is 38.5 Å². The van der Waals surface area contributed by atoms with E-state index in [9.17, 15) is 4.79 Å². The first-order chi connectivity index (χ1) is 8.27. The average molecular weight is 258 g/mol. The summed E-state index contributed by atoms with van der Waals surface area (Å²) in [4.78, 5) is 16.4. The van der Waals surface area contributed by atoms with Crippen LogP contribution in [0.25, 0.3) is 0 Å². The van der Waals surface area contributed by atoms with Crippen LogP contribution in [0.4, 0.5) is 0 Å². The highest BCUT2D eigenvalue weighted by Gasteiger charge is 2.19. The Morgan fingerprint density at radius 2 is 1.82 bits per heavy atom. The molecule has 1 aliphatic rings. The van der Waals surface area contributed by atoms with Gasteiger partial charge in [0, 0.05) is 32.6 Å². The molecule has 0 spiro atoms. The summed E-state index contributed by atoms with van der Waals surface area (Å²) in [7, 11) is 0. The Hall–Kier alpha value is -0.220. The summed E-state index contributed by atoms with van der Waals surface area (Å²) in [6, 6.07) is 0. The molecule has 0 bridgehead atoms. The Morgan fingerprint density at radius 3 is 2.41 bits per heavy atom. The normalized spacial score (nSPS) is 17.4. The van der Waals surface area contributed by atoms with Crippen LogP contribution in [0.5, 0.6) is 0 Å². The molecule has 1 rings (SSSR count). The molecule has 0 radical (unpaired) electrons. The number of piperazine rings is 1. The predicted octanol–water partition coefficient (Wildman–Crippen LogP) is 2.03. The van der Waals surface area contributed by atoms with E-state index in [1.165, 1.54) is 12.8 Å². The fourth-order valence-corrected chi connectivity index (χ4v) is 2.34. The Labute approximate surface area is 111 Å². The summed E-state index contributed by atoms with van der Waals surface area (Å²) in [6.07, 6.45) is 5.30. The van der Waals surface area contributed by atoms with Gasteiger partial charge in [0.25, 0.3) is 0 Å². The third-order valence-corrected chi connectivity index (χ3v) is 3.67. The smallest absolute Gasteiger partial charge is 0.222 e. The van der Waals surface area contributed by atoms with Gasteiger partial charge in [0.1, 0.15) is 0 Å². The highest BCUT2D eigenvalue weighted by molar-refractivity contribution is 7.80. The molecule has 1 fully saturated rings. The van der Waals surface area contributed by atoms with Gasteiger partial charge in [0.15, 0.2) is 0 Å². The van der Waals surface area contributed by atoms with Crippen molar-refractivity contribution < 1.29 is 4.79 Å². The van der Waals surface area contributed by atoms with E-state index in [1.54, 1.807) is 0 Å². The van der Waals surface area contributed by atoms with Gasteiger partial charge in [-0.1, -0.05) is 19.8 Å². The van der Waals surface area contributed by atoms with E-state index in [4.69, 9.17) is 0 Å². The van der Waals surface area contributed by atoms with Crippen LogP contribution in [0.1, 0.15) is 39.0 Å². The van der Waals surface area contributed by atoms with E-state index in [0.29, 0.717) is 5.91 Å². The fourth-order valence-electron chi connectivity index (χ4n) is 2.20. The maximum Gasteiger partial charge on any atom is 0.222 e. The molecule has 17 heavy (non-hydrogen) atoms. The van der Waals surface area contributed by atoms with Crippen LogP contribution in [0.15, 0.2) is 0 Å². The quantitative estimate of drug-likeness (QED) is 0.558. The molecular formula is C13H26N2OS. The van der Waals surface area contributed by atoms with E-state index in [1.807, 2.05) is 4.90 Å². The van der Waals surface area contributed by atoms with Crippen molar-refractivity contribution in [1.29, 1.82) is 0 Å². The Bertz CT molecular complexity index is 215. The molecule has 0 atom stereocenters. The summed E-state index contributed by atoms with van der Waals surface area (Å²) < 4.78 is 0. The molecule has 0 aliphatic carbocycles. The van der Waals surface area contributed by atoms with E-state index in [2.05, 4.69) is 24.5 Å². The Morgan fingerprint density at radius 1 is 1.12 bits per heavy atom. The van der Waals surface area contributed by atoms with Crippen molar-refractivity contribution >= 4 is 18.5 Å². The van der Waals surface area contributed by atoms with Gasteiger partial charge in [-0.2, -0.15) is 12.6 Å². The number of hydrogen-bond acceptors (Lipinski definition) is 3. The second kappa shape index (κ2) is 8.81. The molecule has 1 aliphatic heterocycles. The Balaban J connectivity index is 2.15. The lowest BCUT2D eigenvalue weighted by Gasteiger charge is -2.34. The molecule has 0 saturated carbocycles. The highest BCUT2D eigenvalue weighted by Crippen LogP contribution is 2.07. The van der Waals surface area contributed by atoms with Crippen LogP contribution in [-0.2, 0) is 4.79 Å². The Kier molecular flexibility index (Phi) is 7.69. The number of amides is 1. The first-order valence-electron chi connectivity index (χ1n) is 6.89. The van der Waals surface area contributed by atoms with Crippen molar-refractivity contribution in [1.82, 2.24) is 9.80 Å². The summed E-state index contributed by atoms with van der Waals surface area (Å²) in [5.74, 6) is 1.31. The molecule has 0 unspecified atom stereocenters. The maximum atomic E-state index is 11.9. The summed E-state index contributed by atoms with van der Waals surface area (Å²) >= 11 is 4.23. The SMILES string of the molecule is CCCCCC(=O)N1CCN(CCCS)CC1. The zero-order valence-electron chi connectivity index (χ0n) is 11.0. The van der Waals surface area contributed by atoms with Crippen LogP contribution < -0.4 is 0 Å². The minimum Gasteiger partial charge on any atom is -0.340 e. The number of unbranched alkanes of at least 4 members (excludes halogenated alkanes) is 2. The molecule has 0 aromatic heterocycles. The van der Waals surface area contributed by atoms with Crippen LogP contribution >= 0.6 is 12.6 Å². The van der Waals surface area contributed by atoms with Crippen molar-refractivity contribution in [3.05, 3.63) is 0 Å². The van der Waals surface area contributed by atoms with E-state index >= 15 is 0 Å². The highest BCUT2D eigenvalue weighted by atomic mass is 32.1. The monoisotopic (exact) mass is 258 g/mol. The van der Waals surface area contributed by atoms with Gasteiger partial charge < -0.3 is 4.90 Å². The number of nitrogens with zero attached hydrogens (tertiary/aromatic N) is 2. The lowest BCUT2D eigenvalue weighted by atomic mass is 10.2. The third-order valence-electron chi connectivity index (χ3n) is 3.35. The molecule has 4 heteroatoms. The molecule has 1 saturated heterocycles. The minimum absolute atomic E-state index is 0.354. The first-order valence-corrected chi connectivity index (χ1v) is 7.52. The zero-order chi connectivity index (χ0) is 12.5. The van der Waals surface area contributed by atoms with E-state index in [0.717, 1.165) is 57.7 Å². The van der Waals surface area contributed by atoms with Gasteiger partial charge in [0.05, 0.1) is 0 Å². The molecular weight excluding hydrogens is 232 g/mol. The minimum atomic E-state index is 0.354. The van der Waals surface area contributed by atoms with Gasteiger partial charge in [0.2, 0.25) is 5.91 Å². The predicted molar refractivity (Wildman–Crippen MR) is 75.6 cm³/mol. The number of hydrogen-bond donors (Lipinski definition) is 1. The summed E-state index contributed by atoms with van der Waals surface area (Å²) in [5, 5.41) is 0. The molecule has 1 amide bonds. The van der Waals surface area contributed by atoms with Crippen molar-refractivity contribution in [2.24, 2.45) is 0 Å². The van der Waals surface area contributed by atoms with Gasteiger partial charge in [-0.05, 0) is 25.1 Å². The molecule has 0 aromatic rings. The third kappa shape index (κ3) is 5.77. The van der Waals surface area contributed by atoms with Gasteiger partial charge in [-0.3, -0.25) is 9.69 Å². The summed E-state index contributed by atoms with van der Waals surface area (Å²) in [5.41, 5.74) is 0.